The molecule has 0 fully saturated rings. The van der Waals surface area contributed by atoms with Gasteiger partial charge in [0.15, 0.2) is 6.29 Å². The Morgan fingerprint density at radius 3 is 1.23 bits per heavy atom. The van der Waals surface area contributed by atoms with E-state index in [2.05, 4.69) is 144 Å². The van der Waals surface area contributed by atoms with E-state index in [1.165, 1.54) is 0 Å². The molecule has 0 saturated carbocycles. The van der Waals surface area contributed by atoms with Gasteiger partial charge in [0.25, 0.3) is 0 Å². The zero-order chi connectivity index (χ0) is 73.3. The molecule has 0 aliphatic heterocycles. The first-order valence-electron chi connectivity index (χ1n) is 34.5. The highest BCUT2D eigenvalue weighted by atomic mass is 79.9. The summed E-state index contributed by atoms with van der Waals surface area (Å²) in [5.41, 5.74) is 16.2. The van der Waals surface area contributed by atoms with Gasteiger partial charge in [-0.15, -0.1) is 0 Å². The van der Waals surface area contributed by atoms with E-state index in [0.29, 0.717) is 69.6 Å². The second-order valence-corrected chi connectivity index (χ2v) is 39.5. The Labute approximate surface area is 620 Å². The van der Waals surface area contributed by atoms with Crippen LogP contribution in [0, 0.1) is 17.8 Å². The number of carbonyl (C=O) groups excluding carboxylic acids is 1. The molecule has 4 N–H and O–H groups in total. The minimum Gasteiger partial charge on any atom is -0.383 e. The lowest BCUT2D eigenvalue weighted by Gasteiger charge is -2.26. The maximum atomic E-state index is 14.6. The molecule has 0 bridgehead atoms. The average Bonchev–Trinajstić information content (AvgIpc) is 1.71. The van der Waals surface area contributed by atoms with Gasteiger partial charge in [-0.1, -0.05) is 212 Å². The molecular weight excluding hydrogens is 1430 g/mol. The second-order valence-electron chi connectivity index (χ2n) is 27.1. The van der Waals surface area contributed by atoms with Crippen LogP contribution in [0.25, 0.3) is 33.1 Å². The van der Waals surface area contributed by atoms with Gasteiger partial charge in [-0.05, 0) is 162 Å². The van der Waals surface area contributed by atoms with Crippen LogP contribution in [-0.2, 0) is 44.9 Å². The minimum atomic E-state index is -1.12. The van der Waals surface area contributed by atoms with Crippen molar-refractivity contribution in [2.45, 2.75) is 167 Å². The van der Waals surface area contributed by atoms with Gasteiger partial charge in [-0.25, -0.2) is 29.9 Å². The lowest BCUT2D eigenvalue weighted by Crippen LogP contribution is -2.24. The zero-order valence-corrected chi connectivity index (χ0v) is 65.9. The molecule has 9 aromatic heterocycles. The van der Waals surface area contributed by atoms with E-state index in [-0.39, 0.29) is 5.56 Å². The van der Waals surface area contributed by atoms with Crippen LogP contribution in [-0.4, -0.2) is 73.8 Å². The number of hydrogen-bond acceptors (Lipinski definition) is 8. The van der Waals surface area contributed by atoms with Gasteiger partial charge < -0.3 is 20.1 Å². The molecule has 9 heterocycles. The van der Waals surface area contributed by atoms with E-state index in [0.717, 1.165) is 124 Å². The summed E-state index contributed by atoms with van der Waals surface area (Å²) >= 11 is 21.5. The molecule has 0 saturated heterocycles. The number of aliphatic hydroxyl groups excluding tert-OH is 1. The van der Waals surface area contributed by atoms with Crippen LogP contribution >= 0.6 is 50.7 Å². The van der Waals surface area contributed by atoms with Crippen molar-refractivity contribution in [2.24, 2.45) is 0 Å². The quantitative estimate of drug-likeness (QED) is 0.0333. The third-order valence-electron chi connectivity index (χ3n) is 17.8. The number of nitrogens with one attached hydrogen (secondary N) is 3. The largest absolute Gasteiger partial charge is 0.383 e. The summed E-state index contributed by atoms with van der Waals surface area (Å²) in [6, 6.07) is 44.6. The monoisotopic (exact) mass is 1520 g/mol. The lowest BCUT2D eigenvalue weighted by molar-refractivity contribution is 0.112. The average molecular weight is 1530 g/mol. The van der Waals surface area contributed by atoms with E-state index in [4.69, 9.17) is 34.8 Å². The van der Waals surface area contributed by atoms with E-state index >= 15 is 0 Å². The number of nitrogens with zero attached hydrogens (tertiary/aromatic N) is 6. The molecule has 0 radical (unpaired) electrons. The van der Waals surface area contributed by atoms with Gasteiger partial charge in [0, 0.05) is 132 Å². The normalized spacial score (nSPS) is 11.6. The minimum absolute atomic E-state index is 0.140. The number of hydrogen-bond donors (Lipinski definition) is 4. The number of aliphatic hydroxyl groups is 1. The maximum Gasteiger partial charge on any atom is 0.227 e. The molecule has 20 heteroatoms. The highest BCUT2D eigenvalue weighted by molar-refractivity contribution is 9.10. The molecule has 1 unspecified atom stereocenters. The Bertz CT molecular complexity index is 4490. The standard InChI is InChI=1S/C21H17ClFN3O.C21H17ClFN3.C13H10BrClFN.2C9H22Si.C8H6N2O/c22-18-6-2-1-4-13(18)7-8-14-9-10-16(20(23)26-14)19(27)17-12-25-21-15(17)5-3-11-24-21;22-19-6-2-1-4-14(19)7-9-17-10-8-15(20(23)26-17)12-16-13-25-21-18(16)5-3-11-24-21;14-11-8-7-10(17-13(11)16)6-5-9-3-1-2-4-12(9)15;2*1-7(2)10(8(3)4)9(5)6;11-5-6-4-10-8-7(6)2-1-3-9-8/h1-6,9-12,19,27H,7-8H2,(H,24,25);1-6,8,10-11,13H,7,9,12H2,(H,24,25);1-4,7-8H,5-6H2;2*7-10H,1-6H3;1-5H,(H,9,10). The Morgan fingerprint density at radius 2 is 0.802 bits per heavy atom. The van der Waals surface area contributed by atoms with Crippen molar-refractivity contribution in [1.29, 1.82) is 0 Å². The second kappa shape index (κ2) is 40.3. The molecule has 12 rings (SSSR count). The number of H-pyrrole nitrogens is 3. The molecule has 0 aliphatic rings. The number of pyridine rings is 6. The molecule has 0 spiro atoms. The van der Waals surface area contributed by atoms with Crippen molar-refractivity contribution in [3.63, 3.8) is 0 Å². The SMILES string of the molecule is CC(C)[SiH](C(C)C)C(C)C.CC(C)[SiH](C(C)C)C(C)C.Fc1nc(CCc2ccccc2Cl)ccc1Br.Fc1nc(CCc2ccccc2Cl)ccc1Cc1c[nH]c2ncccc12.O=Cc1c[nH]c2ncccc12.OC(c1ccc(CCc2ccccc2Cl)nc1F)c1c[nH]c2ncccc12. The first-order valence-corrected chi connectivity index (χ1v) is 40.5. The number of carbonyl (C=O) groups is 1. The summed E-state index contributed by atoms with van der Waals surface area (Å²) in [6.07, 6.45) is 14.5. The first-order chi connectivity index (χ1) is 48.3. The molecule has 3 aromatic carbocycles. The third-order valence-corrected chi connectivity index (χ3v) is 28.8. The Balaban J connectivity index is 0.000000179. The van der Waals surface area contributed by atoms with Crippen LogP contribution in [0.2, 0.25) is 48.3 Å². The van der Waals surface area contributed by atoms with Crippen LogP contribution in [0.5, 0.6) is 0 Å². The molecule has 11 nitrogen and oxygen atoms in total. The van der Waals surface area contributed by atoms with Gasteiger partial charge >= 0.3 is 0 Å². The predicted octanol–water partition coefficient (Wildman–Crippen LogP) is 22.4. The number of benzene rings is 3. The predicted molar refractivity (Wildman–Crippen MR) is 422 cm³/mol. The van der Waals surface area contributed by atoms with Crippen molar-refractivity contribution in [3.8, 4) is 0 Å². The van der Waals surface area contributed by atoms with Crippen molar-refractivity contribution >= 4 is 108 Å². The topological polar surface area (TPSA) is 162 Å². The van der Waals surface area contributed by atoms with Crippen LogP contribution in [0.15, 0.2) is 187 Å². The number of fused-ring (bicyclic) bond motifs is 3. The smallest absolute Gasteiger partial charge is 0.227 e. The number of aromatic amines is 3. The number of aldehydes is 1. The molecule has 1 atom stereocenters. The van der Waals surface area contributed by atoms with Crippen molar-refractivity contribution < 1.29 is 23.1 Å². The maximum absolute atomic E-state index is 14.6. The van der Waals surface area contributed by atoms with Gasteiger partial charge in [0.2, 0.25) is 17.8 Å². The van der Waals surface area contributed by atoms with Crippen LogP contribution in [0.1, 0.15) is 156 Å². The Hall–Kier alpha value is -7.62. The Kier molecular flexibility index (Phi) is 32.2. The Morgan fingerprint density at radius 1 is 0.416 bits per heavy atom. The van der Waals surface area contributed by atoms with Gasteiger partial charge in [-0.2, -0.15) is 13.2 Å². The van der Waals surface area contributed by atoms with Crippen molar-refractivity contribution in [2.75, 3.05) is 0 Å². The van der Waals surface area contributed by atoms with Crippen molar-refractivity contribution in [3.05, 3.63) is 282 Å². The fraction of sp³-hybridized carbons (Fsp3) is 0.321. The van der Waals surface area contributed by atoms with Crippen LogP contribution in [0.3, 0.4) is 0 Å². The van der Waals surface area contributed by atoms with Crippen LogP contribution in [0.4, 0.5) is 13.2 Å². The van der Waals surface area contributed by atoms with E-state index in [1.807, 2.05) is 128 Å². The molecule has 101 heavy (non-hydrogen) atoms. The van der Waals surface area contributed by atoms with Gasteiger partial charge in [-0.3, -0.25) is 4.79 Å². The lowest BCUT2D eigenvalue weighted by atomic mass is 10.0. The summed E-state index contributed by atoms with van der Waals surface area (Å²) in [6.45, 7) is 28.6. The van der Waals surface area contributed by atoms with Gasteiger partial charge in [0.1, 0.15) is 23.0 Å². The summed E-state index contributed by atoms with van der Waals surface area (Å²) in [4.78, 5) is 44.0. The fourth-order valence-electron chi connectivity index (χ4n) is 13.5. The first kappa shape index (κ1) is 80.7. The number of halogens is 7. The fourth-order valence-corrected chi connectivity index (χ4v) is 23.7. The number of aryl methyl sites for hydroxylation is 6. The summed E-state index contributed by atoms with van der Waals surface area (Å²) < 4.78 is 42.6. The molecule has 12 aromatic rings. The summed E-state index contributed by atoms with van der Waals surface area (Å²) in [7, 11) is -0.907. The number of rotatable bonds is 20. The molecule has 0 amide bonds. The third kappa shape index (κ3) is 24.0. The van der Waals surface area contributed by atoms with E-state index < -0.39 is 41.5 Å². The molecule has 532 valence electrons. The number of aromatic nitrogens is 9. The van der Waals surface area contributed by atoms with Gasteiger partial charge in [0.05, 0.1) is 4.47 Å². The summed E-state index contributed by atoms with van der Waals surface area (Å²) in [5.74, 6) is -1.56. The molecule has 0 aliphatic carbocycles. The highest BCUT2D eigenvalue weighted by Crippen LogP contribution is 2.33. The van der Waals surface area contributed by atoms with Crippen molar-refractivity contribution in [1.82, 2.24) is 44.9 Å². The highest BCUT2D eigenvalue weighted by Gasteiger charge is 2.24. The van der Waals surface area contributed by atoms with Crippen LogP contribution < -0.4 is 0 Å². The molecular formula is C81H94BrCl3F3N9O2Si2. The van der Waals surface area contributed by atoms with E-state index in [9.17, 15) is 23.1 Å². The zero-order valence-electron chi connectivity index (χ0n) is 59.7. The van der Waals surface area contributed by atoms with E-state index in [1.54, 1.807) is 55.2 Å². The summed E-state index contributed by atoms with van der Waals surface area (Å²) in [5, 5.41) is 15.5.